The van der Waals surface area contributed by atoms with Crippen molar-refractivity contribution in [2.75, 3.05) is 30.5 Å². The number of anilines is 2. The van der Waals surface area contributed by atoms with E-state index in [2.05, 4.69) is 74.3 Å². The molecule has 0 spiro atoms. The highest BCUT2D eigenvalue weighted by Crippen LogP contribution is 2.37. The van der Waals surface area contributed by atoms with Gasteiger partial charge < -0.3 is 20.1 Å². The zero-order valence-corrected chi connectivity index (χ0v) is 29.3. The Morgan fingerprint density at radius 3 is 1.76 bits per heavy atom. The quantitative estimate of drug-likeness (QED) is 0.166. The second-order valence-corrected chi connectivity index (χ2v) is 13.5. The van der Waals surface area contributed by atoms with Crippen molar-refractivity contribution in [2.24, 2.45) is 18.9 Å². The van der Waals surface area contributed by atoms with Gasteiger partial charge in [-0.05, 0) is 54.3 Å². The molecule has 3 aromatic carbocycles. The highest BCUT2D eigenvalue weighted by atomic mass is 16.7. The first-order valence-electron chi connectivity index (χ1n) is 17.2. The normalized spacial score (nSPS) is 12.4. The largest absolute Gasteiger partial charge is 0.454 e. The first-order valence-corrected chi connectivity index (χ1v) is 17.2. The molecule has 0 aliphatic carbocycles. The minimum absolute atomic E-state index is 0.266. The summed E-state index contributed by atoms with van der Waals surface area (Å²) in [6.07, 6.45) is 7.64. The fourth-order valence-electron chi connectivity index (χ4n) is 6.22. The predicted molar refractivity (Wildman–Crippen MR) is 201 cm³/mol. The molecule has 1 aliphatic heterocycles. The van der Waals surface area contributed by atoms with Crippen molar-refractivity contribution >= 4 is 45.0 Å². The van der Waals surface area contributed by atoms with E-state index in [9.17, 15) is 0 Å². The highest BCUT2D eigenvalue weighted by molar-refractivity contribution is 5.87. The molecule has 2 N–H and O–H groups in total. The van der Waals surface area contributed by atoms with Crippen molar-refractivity contribution in [2.45, 2.75) is 27.7 Å². The summed E-state index contributed by atoms with van der Waals surface area (Å²) >= 11 is 0. The van der Waals surface area contributed by atoms with Gasteiger partial charge in [0, 0.05) is 37.5 Å². The zero-order valence-electron chi connectivity index (χ0n) is 29.3. The Kier molecular flexibility index (Phi) is 8.34. The van der Waals surface area contributed by atoms with Crippen molar-refractivity contribution in [3.8, 4) is 34.0 Å². The van der Waals surface area contributed by atoms with Crippen LogP contribution >= 0.6 is 0 Å². The fourth-order valence-corrected chi connectivity index (χ4v) is 6.22. The predicted octanol–water partition coefficient (Wildman–Crippen LogP) is 7.70. The van der Waals surface area contributed by atoms with Gasteiger partial charge in [-0.15, -0.1) is 0 Å². The third-order valence-corrected chi connectivity index (χ3v) is 8.68. The first-order chi connectivity index (χ1) is 24.8. The molecular formula is C39H40N10O2. The number of hydrogen-bond acceptors (Lipinski definition) is 9. The average molecular weight is 681 g/mol. The maximum atomic E-state index is 5.55. The van der Waals surface area contributed by atoms with Gasteiger partial charge in [0.2, 0.25) is 6.79 Å². The number of aromatic nitrogens is 8. The molecule has 8 aromatic rings. The monoisotopic (exact) mass is 680 g/mol. The van der Waals surface area contributed by atoms with Gasteiger partial charge in [-0.2, -0.15) is 5.10 Å². The van der Waals surface area contributed by atoms with Gasteiger partial charge in [0.25, 0.3) is 0 Å². The van der Waals surface area contributed by atoms with Crippen LogP contribution in [0, 0.1) is 11.8 Å². The maximum absolute atomic E-state index is 5.55. The van der Waals surface area contributed by atoms with Crippen molar-refractivity contribution in [3.63, 3.8) is 0 Å². The molecule has 12 nitrogen and oxygen atoms in total. The molecule has 0 saturated heterocycles. The Balaban J connectivity index is 0.000000148. The molecule has 258 valence electrons. The Morgan fingerprint density at radius 2 is 1.22 bits per heavy atom. The van der Waals surface area contributed by atoms with Crippen molar-refractivity contribution < 1.29 is 9.47 Å². The van der Waals surface area contributed by atoms with Crippen LogP contribution in [0.2, 0.25) is 0 Å². The maximum Gasteiger partial charge on any atom is 0.231 e. The van der Waals surface area contributed by atoms with Crippen LogP contribution in [0.25, 0.3) is 55.9 Å². The van der Waals surface area contributed by atoms with Crippen LogP contribution in [0.15, 0.2) is 91.5 Å². The number of imidazole rings is 2. The van der Waals surface area contributed by atoms with Crippen LogP contribution in [-0.2, 0) is 7.05 Å². The average Bonchev–Trinajstić information content (AvgIpc) is 3.95. The number of aryl methyl sites for hydroxylation is 1. The minimum atomic E-state index is 0.266. The summed E-state index contributed by atoms with van der Waals surface area (Å²) in [6, 6.07) is 22.2. The number of hydrogen-bond donors (Lipinski definition) is 2. The van der Waals surface area contributed by atoms with Crippen LogP contribution < -0.4 is 20.1 Å². The second kappa shape index (κ2) is 13.3. The topological polar surface area (TPSA) is 121 Å². The SMILES string of the molecule is CC(C)CNc1nc2ccccc2n2c(-c3ccc4c(c3)OCO4)cnc12.CC(C)CNc1nc2ccccc2n2c(-c3cnn(C)c3)cnc12. The minimum Gasteiger partial charge on any atom is -0.454 e. The molecule has 6 heterocycles. The Hall–Kier alpha value is -6.17. The van der Waals surface area contributed by atoms with Gasteiger partial charge in [0.05, 0.1) is 52.0 Å². The molecule has 0 atom stereocenters. The molecule has 1 aliphatic rings. The van der Waals surface area contributed by atoms with E-state index in [1.807, 2.05) is 86.4 Å². The van der Waals surface area contributed by atoms with Gasteiger partial charge in [-0.1, -0.05) is 52.0 Å². The second-order valence-electron chi connectivity index (χ2n) is 13.5. The lowest BCUT2D eigenvalue weighted by atomic mass is 10.1. The third kappa shape index (κ3) is 6.13. The Labute approximate surface area is 295 Å². The van der Waals surface area contributed by atoms with Gasteiger partial charge in [0.15, 0.2) is 34.4 Å². The van der Waals surface area contributed by atoms with Gasteiger partial charge in [-0.25, -0.2) is 19.9 Å². The number of benzene rings is 3. The van der Waals surface area contributed by atoms with E-state index in [4.69, 9.17) is 19.4 Å². The fraction of sp³-hybridized carbons (Fsp3) is 0.256. The van der Waals surface area contributed by atoms with Crippen LogP contribution in [0.5, 0.6) is 11.5 Å². The summed E-state index contributed by atoms with van der Waals surface area (Å²) in [5.74, 6) is 4.21. The summed E-state index contributed by atoms with van der Waals surface area (Å²) in [4.78, 5) is 18.9. The lowest BCUT2D eigenvalue weighted by Gasteiger charge is -2.12. The molecule has 0 saturated carbocycles. The van der Waals surface area contributed by atoms with Crippen LogP contribution in [-0.4, -0.2) is 58.4 Å². The summed E-state index contributed by atoms with van der Waals surface area (Å²) in [5.41, 5.74) is 9.67. The summed E-state index contributed by atoms with van der Waals surface area (Å²) < 4.78 is 17.1. The number of ether oxygens (including phenoxy) is 2. The van der Waals surface area contributed by atoms with Crippen molar-refractivity contribution in [1.29, 1.82) is 0 Å². The van der Waals surface area contributed by atoms with Crippen molar-refractivity contribution in [1.82, 2.24) is 38.5 Å². The number of nitrogens with zero attached hydrogens (tertiary/aromatic N) is 8. The number of para-hydroxylation sites is 4. The Bertz CT molecular complexity index is 2510. The van der Waals surface area contributed by atoms with E-state index in [1.54, 1.807) is 4.68 Å². The summed E-state index contributed by atoms with van der Waals surface area (Å²) in [5, 5.41) is 11.2. The Morgan fingerprint density at radius 1 is 0.667 bits per heavy atom. The summed E-state index contributed by atoms with van der Waals surface area (Å²) in [7, 11) is 1.92. The molecule has 0 bridgehead atoms. The molecule has 0 fully saturated rings. The zero-order chi connectivity index (χ0) is 35.1. The number of nitrogens with one attached hydrogen (secondary N) is 2. The van der Waals surface area contributed by atoms with E-state index in [0.29, 0.717) is 11.8 Å². The van der Waals surface area contributed by atoms with E-state index in [1.165, 1.54) is 0 Å². The van der Waals surface area contributed by atoms with E-state index in [0.717, 1.165) is 92.1 Å². The van der Waals surface area contributed by atoms with E-state index < -0.39 is 0 Å². The smallest absolute Gasteiger partial charge is 0.231 e. The molecular weight excluding hydrogens is 640 g/mol. The van der Waals surface area contributed by atoms with Gasteiger partial charge >= 0.3 is 0 Å². The molecule has 51 heavy (non-hydrogen) atoms. The molecule has 5 aromatic heterocycles. The van der Waals surface area contributed by atoms with Crippen molar-refractivity contribution in [3.05, 3.63) is 91.5 Å². The molecule has 0 radical (unpaired) electrons. The van der Waals surface area contributed by atoms with E-state index in [-0.39, 0.29) is 6.79 Å². The standard InChI is InChI=1S/C21H20N4O2.C18H20N6/c1-13(2)10-22-20-21-23-11-17(14-7-8-18-19(9-14)27-12-26-18)25(21)16-6-4-3-5-15(16)24-20;1-12(2)8-19-17-18-20-10-16(13-9-21-23(3)11-13)24(18)15-7-5-4-6-14(15)22-17/h3-9,11,13H,10,12H2,1-2H3,(H,22,24);4-7,9-12H,8H2,1-3H3,(H,19,22). The lowest BCUT2D eigenvalue weighted by molar-refractivity contribution is 0.174. The van der Waals surface area contributed by atoms with Gasteiger partial charge in [0.1, 0.15) is 0 Å². The number of rotatable bonds is 8. The third-order valence-electron chi connectivity index (χ3n) is 8.68. The summed E-state index contributed by atoms with van der Waals surface area (Å²) in [6.45, 7) is 10.7. The van der Waals surface area contributed by atoms with Gasteiger partial charge in [-0.3, -0.25) is 13.5 Å². The lowest BCUT2D eigenvalue weighted by Crippen LogP contribution is -2.11. The first kappa shape index (κ1) is 32.1. The van der Waals surface area contributed by atoms with Crippen LogP contribution in [0.1, 0.15) is 27.7 Å². The van der Waals surface area contributed by atoms with E-state index >= 15 is 0 Å². The van der Waals surface area contributed by atoms with Crippen LogP contribution in [0.4, 0.5) is 11.6 Å². The van der Waals surface area contributed by atoms with Crippen LogP contribution in [0.3, 0.4) is 0 Å². The molecule has 0 unspecified atom stereocenters. The molecule has 0 amide bonds. The number of fused-ring (bicyclic) bond motifs is 7. The molecule has 9 rings (SSSR count). The highest BCUT2D eigenvalue weighted by Gasteiger charge is 2.19. The molecule has 12 heteroatoms.